The molecule has 0 saturated carbocycles. The van der Waals surface area contributed by atoms with E-state index in [2.05, 4.69) is 15.3 Å². The summed E-state index contributed by atoms with van der Waals surface area (Å²) in [6, 6.07) is 12.8. The van der Waals surface area contributed by atoms with E-state index in [1.54, 1.807) is 29.3 Å². The first-order valence-corrected chi connectivity index (χ1v) is 10.3. The quantitative estimate of drug-likeness (QED) is 0.294. The third-order valence-corrected chi connectivity index (χ3v) is 5.14. The van der Waals surface area contributed by atoms with Crippen LogP contribution >= 0.6 is 23.4 Å². The molecule has 0 saturated heterocycles. The van der Waals surface area contributed by atoms with Crippen LogP contribution in [-0.4, -0.2) is 27.3 Å². The highest BCUT2D eigenvalue weighted by atomic mass is 35.5. The summed E-state index contributed by atoms with van der Waals surface area (Å²) in [5.41, 5.74) is 0.894. The average molecular weight is 429 g/mol. The molecular weight excluding hydrogens is 412 g/mol. The van der Waals surface area contributed by atoms with Gasteiger partial charge in [0.2, 0.25) is 11.0 Å². The Labute approximate surface area is 176 Å². The Kier molecular flexibility index (Phi) is 5.73. The zero-order chi connectivity index (χ0) is 20.2. The maximum absolute atomic E-state index is 6.12. The lowest BCUT2D eigenvalue weighted by Crippen LogP contribution is -1.96. The van der Waals surface area contributed by atoms with Crippen molar-refractivity contribution < 1.29 is 13.6 Å². The van der Waals surface area contributed by atoms with Crippen LogP contribution in [0.15, 0.2) is 67.8 Å². The van der Waals surface area contributed by atoms with E-state index < -0.39 is 0 Å². The highest BCUT2D eigenvalue weighted by Crippen LogP contribution is 2.26. The molecule has 29 heavy (non-hydrogen) atoms. The van der Waals surface area contributed by atoms with Crippen LogP contribution in [0.4, 0.5) is 0 Å². The number of hydrogen-bond donors (Lipinski definition) is 0. The average Bonchev–Trinajstić information content (AvgIpc) is 3.47. The number of nitrogens with zero attached hydrogens (tertiary/aromatic N) is 4. The van der Waals surface area contributed by atoms with Gasteiger partial charge in [-0.2, -0.15) is 9.78 Å². The van der Waals surface area contributed by atoms with Gasteiger partial charge in [0.1, 0.15) is 23.9 Å². The number of furan rings is 2. The molecule has 0 aliphatic carbocycles. The van der Waals surface area contributed by atoms with E-state index in [0.29, 0.717) is 33.3 Å². The summed E-state index contributed by atoms with van der Waals surface area (Å²) in [5.74, 6) is 3.08. The molecule has 9 heteroatoms. The SMILES string of the molecule is CSc1nnc(-c2ccco2)n1/N=C\c1ccc(COc2cccc(Cl)c2C)o1. The number of aromatic nitrogens is 3. The van der Waals surface area contributed by atoms with Gasteiger partial charge in [0.25, 0.3) is 0 Å². The van der Waals surface area contributed by atoms with Gasteiger partial charge in [0.15, 0.2) is 5.76 Å². The van der Waals surface area contributed by atoms with Crippen molar-refractivity contribution in [3.63, 3.8) is 0 Å². The zero-order valence-electron chi connectivity index (χ0n) is 15.7. The molecule has 0 amide bonds. The van der Waals surface area contributed by atoms with Gasteiger partial charge in [-0.1, -0.05) is 29.4 Å². The second-order valence-corrected chi connectivity index (χ2v) is 7.18. The fraction of sp³-hybridized carbons (Fsp3) is 0.150. The maximum atomic E-state index is 6.12. The molecule has 1 aromatic carbocycles. The van der Waals surface area contributed by atoms with Crippen molar-refractivity contribution in [2.75, 3.05) is 6.26 Å². The third-order valence-electron chi connectivity index (χ3n) is 4.11. The van der Waals surface area contributed by atoms with E-state index in [1.807, 2.05) is 43.5 Å². The van der Waals surface area contributed by atoms with Gasteiger partial charge in [-0.05, 0) is 49.6 Å². The van der Waals surface area contributed by atoms with Gasteiger partial charge in [-0.15, -0.1) is 10.2 Å². The lowest BCUT2D eigenvalue weighted by atomic mass is 10.2. The molecule has 3 heterocycles. The predicted octanol–water partition coefficient (Wildman–Crippen LogP) is 5.28. The topological polar surface area (TPSA) is 78.6 Å². The van der Waals surface area contributed by atoms with Crippen LogP contribution in [0.1, 0.15) is 17.1 Å². The molecule has 0 aliphatic rings. The zero-order valence-corrected chi connectivity index (χ0v) is 17.3. The van der Waals surface area contributed by atoms with Crippen LogP contribution in [0.5, 0.6) is 5.75 Å². The minimum atomic E-state index is 0.287. The van der Waals surface area contributed by atoms with Crippen LogP contribution in [-0.2, 0) is 6.61 Å². The van der Waals surface area contributed by atoms with Crippen molar-refractivity contribution in [3.8, 4) is 17.3 Å². The number of rotatable bonds is 7. The van der Waals surface area contributed by atoms with Crippen molar-refractivity contribution in [2.24, 2.45) is 5.10 Å². The Hall–Kier alpha value is -2.97. The van der Waals surface area contributed by atoms with Crippen molar-refractivity contribution in [3.05, 3.63) is 70.8 Å². The molecule has 0 unspecified atom stereocenters. The molecule has 7 nitrogen and oxygen atoms in total. The summed E-state index contributed by atoms with van der Waals surface area (Å²) in [6.07, 6.45) is 5.09. The Morgan fingerprint density at radius 2 is 2.10 bits per heavy atom. The Bertz CT molecular complexity index is 1130. The summed E-state index contributed by atoms with van der Waals surface area (Å²) in [4.78, 5) is 0. The first-order valence-electron chi connectivity index (χ1n) is 8.70. The minimum Gasteiger partial charge on any atom is -0.485 e. The first-order chi connectivity index (χ1) is 14.2. The van der Waals surface area contributed by atoms with E-state index >= 15 is 0 Å². The fourth-order valence-corrected chi connectivity index (χ4v) is 3.20. The normalized spacial score (nSPS) is 11.4. The predicted molar refractivity (Wildman–Crippen MR) is 112 cm³/mol. The lowest BCUT2D eigenvalue weighted by Gasteiger charge is -2.08. The largest absolute Gasteiger partial charge is 0.485 e. The molecule has 4 rings (SSSR count). The highest BCUT2D eigenvalue weighted by molar-refractivity contribution is 7.98. The summed E-state index contributed by atoms with van der Waals surface area (Å²) in [6.45, 7) is 2.20. The smallest absolute Gasteiger partial charge is 0.221 e. The number of benzene rings is 1. The molecule has 0 N–H and O–H groups in total. The van der Waals surface area contributed by atoms with Crippen LogP contribution in [0.3, 0.4) is 0 Å². The highest BCUT2D eigenvalue weighted by Gasteiger charge is 2.15. The molecule has 4 aromatic rings. The molecule has 148 valence electrons. The molecule has 3 aromatic heterocycles. The van der Waals surface area contributed by atoms with Crippen molar-refractivity contribution in [1.82, 2.24) is 14.9 Å². The van der Waals surface area contributed by atoms with Crippen molar-refractivity contribution in [1.29, 1.82) is 0 Å². The van der Waals surface area contributed by atoms with Crippen LogP contribution in [0.25, 0.3) is 11.6 Å². The van der Waals surface area contributed by atoms with E-state index in [-0.39, 0.29) is 6.61 Å². The molecule has 0 aliphatic heterocycles. The van der Waals surface area contributed by atoms with E-state index in [4.69, 9.17) is 25.2 Å². The molecule has 0 atom stereocenters. The second kappa shape index (κ2) is 8.59. The standard InChI is InChI=1S/C20H17ClN4O3S/c1-13-16(21)5-3-6-17(13)27-12-15-9-8-14(28-15)11-22-25-19(18-7-4-10-26-18)23-24-20(25)29-2/h3-11H,12H2,1-2H3/b22-11-. The molecule has 0 bridgehead atoms. The van der Waals surface area contributed by atoms with Crippen molar-refractivity contribution >= 4 is 29.6 Å². The summed E-state index contributed by atoms with van der Waals surface area (Å²) < 4.78 is 18.6. The van der Waals surface area contributed by atoms with Crippen LogP contribution in [0, 0.1) is 6.92 Å². The van der Waals surface area contributed by atoms with Crippen molar-refractivity contribution in [2.45, 2.75) is 18.7 Å². The second-order valence-electron chi connectivity index (χ2n) is 6.00. The van der Waals surface area contributed by atoms with Gasteiger partial charge >= 0.3 is 0 Å². The van der Waals surface area contributed by atoms with Gasteiger partial charge in [0, 0.05) is 10.6 Å². The van der Waals surface area contributed by atoms with Gasteiger partial charge in [0.05, 0.1) is 12.5 Å². The summed E-state index contributed by atoms with van der Waals surface area (Å²) in [5, 5.41) is 14.0. The minimum absolute atomic E-state index is 0.287. The Morgan fingerprint density at radius 3 is 2.90 bits per heavy atom. The summed E-state index contributed by atoms with van der Waals surface area (Å²) in [7, 11) is 0. The molecule has 0 radical (unpaired) electrons. The van der Waals surface area contributed by atoms with Gasteiger partial charge in [-0.25, -0.2) is 0 Å². The molecule has 0 spiro atoms. The van der Waals surface area contributed by atoms with E-state index in [0.717, 1.165) is 11.3 Å². The van der Waals surface area contributed by atoms with Crippen LogP contribution < -0.4 is 4.74 Å². The van der Waals surface area contributed by atoms with E-state index in [1.165, 1.54) is 11.8 Å². The van der Waals surface area contributed by atoms with Gasteiger partial charge in [-0.3, -0.25) is 0 Å². The number of ether oxygens (including phenoxy) is 1. The monoisotopic (exact) mass is 428 g/mol. The van der Waals surface area contributed by atoms with Crippen LogP contribution in [0.2, 0.25) is 5.02 Å². The number of hydrogen-bond acceptors (Lipinski definition) is 7. The van der Waals surface area contributed by atoms with Gasteiger partial charge < -0.3 is 13.6 Å². The van der Waals surface area contributed by atoms with E-state index in [9.17, 15) is 0 Å². The first kappa shape index (κ1) is 19.4. The Balaban J connectivity index is 1.49. The lowest BCUT2D eigenvalue weighted by molar-refractivity contribution is 0.268. The number of thioether (sulfide) groups is 1. The third kappa shape index (κ3) is 4.23. The Morgan fingerprint density at radius 1 is 1.21 bits per heavy atom. The molecular formula is C20H17ClN4O3S. The fourth-order valence-electron chi connectivity index (χ4n) is 2.61. The molecule has 0 fully saturated rings. The maximum Gasteiger partial charge on any atom is 0.221 e. The summed E-state index contributed by atoms with van der Waals surface area (Å²) >= 11 is 7.56. The number of halogens is 1.